The number of hydrogen-bond acceptors (Lipinski definition) is 3. The second kappa shape index (κ2) is 9.14. The number of fused-ring (bicyclic) bond motifs is 1. The number of carbonyl (C=O) groups excluding carboxylic acids is 2. The molecule has 0 radical (unpaired) electrons. The fourth-order valence-corrected chi connectivity index (χ4v) is 3.99. The van der Waals surface area contributed by atoms with Crippen molar-refractivity contribution >= 4 is 40.7 Å². The Morgan fingerprint density at radius 3 is 2.47 bits per heavy atom. The molecule has 0 unspecified atom stereocenters. The van der Waals surface area contributed by atoms with Crippen LogP contribution in [0.15, 0.2) is 60.7 Å². The monoisotopic (exact) mass is 476 g/mol. The van der Waals surface area contributed by atoms with Gasteiger partial charge in [-0.15, -0.1) is 0 Å². The summed E-state index contributed by atoms with van der Waals surface area (Å²) >= 11 is 12.0. The number of nitrogens with one attached hydrogen (secondary N) is 1. The number of carbonyl (C=O) groups is 2. The third kappa shape index (κ3) is 4.69. The number of rotatable bonds is 4. The lowest BCUT2D eigenvalue weighted by Crippen LogP contribution is -2.41. The molecule has 0 aromatic heterocycles. The molecule has 0 aliphatic carbocycles. The Balaban J connectivity index is 1.71. The van der Waals surface area contributed by atoms with E-state index in [1.165, 1.54) is 59.5 Å². The zero-order chi connectivity index (χ0) is 22.8. The number of amides is 2. The summed E-state index contributed by atoms with van der Waals surface area (Å²) in [4.78, 5) is 26.9. The first-order chi connectivity index (χ1) is 15.3. The van der Waals surface area contributed by atoms with E-state index in [9.17, 15) is 18.4 Å². The molecule has 3 aromatic rings. The van der Waals surface area contributed by atoms with Crippen LogP contribution in [0.4, 0.5) is 14.5 Å². The Hall–Kier alpha value is -3.16. The Morgan fingerprint density at radius 2 is 1.75 bits per heavy atom. The molecule has 0 fully saturated rings. The molecule has 32 heavy (non-hydrogen) atoms. The largest absolute Gasteiger partial charge is 0.482 e. The van der Waals surface area contributed by atoms with E-state index in [4.69, 9.17) is 27.9 Å². The van der Waals surface area contributed by atoms with Gasteiger partial charge in [0.2, 0.25) is 5.91 Å². The Kier molecular flexibility index (Phi) is 6.30. The molecule has 9 heteroatoms. The molecule has 164 valence electrons. The average Bonchev–Trinajstić information content (AvgIpc) is 2.89. The molecule has 1 N–H and O–H groups in total. The van der Waals surface area contributed by atoms with Crippen molar-refractivity contribution in [3.63, 3.8) is 0 Å². The van der Waals surface area contributed by atoms with Gasteiger partial charge >= 0.3 is 0 Å². The van der Waals surface area contributed by atoms with Gasteiger partial charge in [-0.25, -0.2) is 8.78 Å². The summed E-state index contributed by atoms with van der Waals surface area (Å²) in [6.07, 6.45) is 0. The smallest absolute Gasteiger partial charge is 0.261 e. The van der Waals surface area contributed by atoms with Crippen LogP contribution < -0.4 is 10.1 Å². The predicted octanol–water partition coefficient (Wildman–Crippen LogP) is 5.22. The highest BCUT2D eigenvalue weighted by atomic mass is 35.5. The third-order valence-corrected chi connectivity index (χ3v) is 5.49. The highest BCUT2D eigenvalue weighted by molar-refractivity contribution is 6.35. The minimum absolute atomic E-state index is 0.224. The van der Waals surface area contributed by atoms with Gasteiger partial charge in [-0.2, -0.15) is 0 Å². The van der Waals surface area contributed by atoms with Crippen molar-refractivity contribution in [2.45, 2.75) is 6.04 Å². The molecule has 1 atom stereocenters. The number of nitrogens with zero attached hydrogens (tertiary/aromatic N) is 1. The molecule has 3 aromatic carbocycles. The second-order valence-corrected chi connectivity index (χ2v) is 7.96. The van der Waals surface area contributed by atoms with Gasteiger partial charge in [-0.05, 0) is 54.1 Å². The summed E-state index contributed by atoms with van der Waals surface area (Å²) in [7, 11) is 0. The van der Waals surface area contributed by atoms with Gasteiger partial charge in [0.1, 0.15) is 23.9 Å². The summed E-state index contributed by atoms with van der Waals surface area (Å²) in [6.45, 7) is -0.744. The van der Waals surface area contributed by atoms with E-state index >= 15 is 0 Å². The van der Waals surface area contributed by atoms with Gasteiger partial charge in [0, 0.05) is 16.3 Å². The molecule has 1 heterocycles. The van der Waals surface area contributed by atoms with Crippen molar-refractivity contribution in [2.24, 2.45) is 0 Å². The van der Waals surface area contributed by atoms with Crippen LogP contribution in [0.3, 0.4) is 0 Å². The van der Waals surface area contributed by atoms with E-state index in [-0.39, 0.29) is 17.3 Å². The molecule has 1 aliphatic rings. The van der Waals surface area contributed by atoms with Crippen LogP contribution in [-0.2, 0) is 9.59 Å². The summed E-state index contributed by atoms with van der Waals surface area (Å²) in [5, 5.41) is 3.32. The summed E-state index contributed by atoms with van der Waals surface area (Å²) in [5.41, 5.74) is 1.23. The maximum atomic E-state index is 14.1. The fourth-order valence-electron chi connectivity index (χ4n) is 3.53. The minimum atomic E-state index is -0.850. The Labute approximate surface area is 192 Å². The van der Waals surface area contributed by atoms with E-state index in [1.807, 2.05) is 0 Å². The topological polar surface area (TPSA) is 58.6 Å². The van der Waals surface area contributed by atoms with Crippen molar-refractivity contribution in [1.82, 2.24) is 4.90 Å². The number of ether oxygens (including phenoxy) is 1. The lowest BCUT2D eigenvalue weighted by Gasteiger charge is -2.30. The van der Waals surface area contributed by atoms with E-state index in [2.05, 4.69) is 5.32 Å². The standard InChI is InChI=1S/C23H16Cl2F2N2O3/c24-14-3-8-20(18(25)9-14)32-12-22(31)29-11-21(30)28-19-7-6-16(27)10-17(19)23(29)13-1-4-15(26)5-2-13/h1-10,23H,11-12H2,(H,28,30)/t23-/m1/s1. The minimum Gasteiger partial charge on any atom is -0.482 e. The molecule has 0 spiro atoms. The molecule has 1 aliphatic heterocycles. The van der Waals surface area contributed by atoms with Crippen molar-refractivity contribution in [2.75, 3.05) is 18.5 Å². The quantitative estimate of drug-likeness (QED) is 0.561. The van der Waals surface area contributed by atoms with E-state index in [1.54, 1.807) is 6.07 Å². The van der Waals surface area contributed by atoms with Crippen molar-refractivity contribution < 1.29 is 23.1 Å². The van der Waals surface area contributed by atoms with Gasteiger partial charge in [-0.3, -0.25) is 9.59 Å². The Morgan fingerprint density at radius 1 is 1.03 bits per heavy atom. The lowest BCUT2D eigenvalue weighted by molar-refractivity contribution is -0.138. The normalized spacial score (nSPS) is 15.6. The molecular weight excluding hydrogens is 461 g/mol. The summed E-state index contributed by atoms with van der Waals surface area (Å²) in [6, 6.07) is 13.0. The molecule has 0 bridgehead atoms. The maximum absolute atomic E-state index is 14.1. The molecular formula is C23H16Cl2F2N2O3. The molecule has 2 amide bonds. The zero-order valence-electron chi connectivity index (χ0n) is 16.4. The summed E-state index contributed by atoms with van der Waals surface area (Å²) in [5.74, 6) is -1.76. The van der Waals surface area contributed by atoms with Crippen molar-refractivity contribution in [3.8, 4) is 5.75 Å². The van der Waals surface area contributed by atoms with Gasteiger partial charge in [-0.1, -0.05) is 35.3 Å². The first kappa shape index (κ1) is 22.0. The van der Waals surface area contributed by atoms with Crippen LogP contribution in [-0.4, -0.2) is 29.9 Å². The number of hydrogen-bond donors (Lipinski definition) is 1. The maximum Gasteiger partial charge on any atom is 0.261 e. The number of benzene rings is 3. The molecule has 5 nitrogen and oxygen atoms in total. The lowest BCUT2D eigenvalue weighted by atomic mass is 9.95. The van der Waals surface area contributed by atoms with Crippen LogP contribution >= 0.6 is 23.2 Å². The van der Waals surface area contributed by atoms with Gasteiger partial charge in [0.05, 0.1) is 11.1 Å². The van der Waals surface area contributed by atoms with E-state index in [0.717, 1.165) is 0 Å². The Bertz CT molecular complexity index is 1190. The fraction of sp³-hybridized carbons (Fsp3) is 0.130. The van der Waals surface area contributed by atoms with Crippen LogP contribution in [0, 0.1) is 11.6 Å². The SMILES string of the molecule is O=C1CN(C(=O)COc2ccc(Cl)cc2Cl)[C@H](c2ccc(F)cc2)c2cc(F)ccc2N1. The zero-order valence-corrected chi connectivity index (χ0v) is 18.0. The highest BCUT2D eigenvalue weighted by Gasteiger charge is 2.34. The van der Waals surface area contributed by atoms with Crippen molar-refractivity contribution in [3.05, 3.63) is 93.5 Å². The van der Waals surface area contributed by atoms with Gasteiger partial charge in [0.25, 0.3) is 5.91 Å². The van der Waals surface area contributed by atoms with E-state index < -0.39 is 36.1 Å². The van der Waals surface area contributed by atoms with Crippen LogP contribution in [0.2, 0.25) is 10.0 Å². The van der Waals surface area contributed by atoms with Crippen LogP contribution in [0.25, 0.3) is 0 Å². The predicted molar refractivity (Wildman–Crippen MR) is 117 cm³/mol. The molecule has 4 rings (SSSR count). The average molecular weight is 477 g/mol. The van der Waals surface area contributed by atoms with Crippen molar-refractivity contribution in [1.29, 1.82) is 0 Å². The van der Waals surface area contributed by atoms with E-state index in [0.29, 0.717) is 21.8 Å². The van der Waals surface area contributed by atoms with Crippen LogP contribution in [0.1, 0.15) is 17.2 Å². The van der Waals surface area contributed by atoms with Gasteiger partial charge in [0.15, 0.2) is 6.61 Å². The summed E-state index contributed by atoms with van der Waals surface area (Å²) < 4.78 is 33.2. The highest BCUT2D eigenvalue weighted by Crippen LogP contribution is 2.36. The first-order valence-electron chi connectivity index (χ1n) is 9.54. The number of halogens is 4. The number of anilines is 1. The van der Waals surface area contributed by atoms with Gasteiger partial charge < -0.3 is 15.0 Å². The third-order valence-electron chi connectivity index (χ3n) is 4.96. The van der Waals surface area contributed by atoms with Crippen LogP contribution in [0.5, 0.6) is 5.75 Å². The first-order valence-corrected chi connectivity index (χ1v) is 10.3. The molecule has 0 saturated heterocycles. The molecule has 0 saturated carbocycles. The second-order valence-electron chi connectivity index (χ2n) is 7.12.